The first kappa shape index (κ1) is 18.8. The van der Waals surface area contributed by atoms with Crippen molar-refractivity contribution in [3.05, 3.63) is 0 Å². The highest BCUT2D eigenvalue weighted by Gasteiger charge is 2.22. The number of carbonyl (C=O) groups excluding carboxylic acids is 2. The highest BCUT2D eigenvalue weighted by Crippen LogP contribution is 2.02. The second-order valence-electron chi connectivity index (χ2n) is 3.36. The van der Waals surface area contributed by atoms with Crippen LogP contribution in [0, 0.1) is 0 Å². The molecule has 116 valence electrons. The van der Waals surface area contributed by atoms with Crippen LogP contribution >= 0.6 is 0 Å². The van der Waals surface area contributed by atoms with Crippen LogP contribution in [0.4, 0.5) is 0 Å². The van der Waals surface area contributed by atoms with Gasteiger partial charge in [0.05, 0.1) is 0 Å². The molecule has 0 aliphatic rings. The maximum atomic E-state index is 11.6. The molecule has 0 aliphatic heterocycles. The van der Waals surface area contributed by atoms with Crippen molar-refractivity contribution in [2.24, 2.45) is 10.2 Å². The van der Waals surface area contributed by atoms with E-state index in [-0.39, 0.29) is 26.4 Å². The van der Waals surface area contributed by atoms with Crippen molar-refractivity contribution in [3.63, 3.8) is 0 Å². The van der Waals surface area contributed by atoms with Gasteiger partial charge in [-0.1, -0.05) is 0 Å². The number of carbonyl (C=O) groups is 2. The molecule has 0 spiro atoms. The van der Waals surface area contributed by atoms with E-state index in [1.807, 2.05) is 0 Å². The smallest absolute Gasteiger partial charge is 0.321 e. The van der Waals surface area contributed by atoms with E-state index < -0.39 is 24.4 Å². The summed E-state index contributed by atoms with van der Waals surface area (Å²) in [6.45, 7) is 7.95. The normalized spacial score (nSPS) is 11.7. The van der Waals surface area contributed by atoms with Crippen LogP contribution in [0.2, 0.25) is 0 Å². The number of hydrogen-bond donors (Lipinski definition) is 0. The molecule has 0 aliphatic carbocycles. The van der Waals surface area contributed by atoms with Crippen molar-refractivity contribution in [1.82, 2.24) is 0 Å². The molecule has 8 heteroatoms. The van der Waals surface area contributed by atoms with E-state index in [0.29, 0.717) is 0 Å². The van der Waals surface area contributed by atoms with Gasteiger partial charge in [-0.2, -0.15) is 0 Å². The Bertz CT molecular complexity index is 279. The third kappa shape index (κ3) is 7.39. The Balaban J connectivity index is 4.55. The maximum absolute atomic E-state index is 11.6. The summed E-state index contributed by atoms with van der Waals surface area (Å²) < 4.78 is 20.1. The highest BCUT2D eigenvalue weighted by atomic mass is 16.7. The molecule has 0 saturated heterocycles. The molecule has 8 nitrogen and oxygen atoms in total. The Morgan fingerprint density at radius 2 is 0.950 bits per heavy atom. The third-order valence-electron chi connectivity index (χ3n) is 1.92. The molecule has 0 aromatic carbocycles. The minimum atomic E-state index is -1.15. The van der Waals surface area contributed by atoms with Crippen LogP contribution < -0.4 is 0 Å². The predicted octanol–water partition coefficient (Wildman–Crippen LogP) is 1.29. The molecule has 0 N–H and O–H groups in total. The minimum absolute atomic E-state index is 0.278. The zero-order valence-electron chi connectivity index (χ0n) is 12.3. The molecule has 0 aromatic heterocycles. The van der Waals surface area contributed by atoms with Crippen LogP contribution in [-0.2, 0) is 28.5 Å². The molecule has 0 radical (unpaired) electrons. The summed E-state index contributed by atoms with van der Waals surface area (Å²) >= 11 is 0. The molecule has 20 heavy (non-hydrogen) atoms. The summed E-state index contributed by atoms with van der Waals surface area (Å²) in [5.74, 6) is -1.57. The monoisotopic (exact) mass is 290 g/mol. The Hall–Kier alpha value is -1.22. The molecule has 0 atom stereocenters. The van der Waals surface area contributed by atoms with E-state index in [0.717, 1.165) is 0 Å². The second-order valence-corrected chi connectivity index (χ2v) is 3.36. The van der Waals surface area contributed by atoms with Crippen molar-refractivity contribution in [3.8, 4) is 0 Å². The van der Waals surface area contributed by atoms with Crippen LogP contribution in [-0.4, -0.2) is 50.8 Å². The number of rotatable bonds is 10. The van der Waals surface area contributed by atoms with Gasteiger partial charge in [0.2, 0.25) is 12.6 Å². The lowest BCUT2D eigenvalue weighted by Gasteiger charge is -2.13. The van der Waals surface area contributed by atoms with E-state index in [9.17, 15) is 9.59 Å². The summed E-state index contributed by atoms with van der Waals surface area (Å²) in [6, 6.07) is 0. The summed E-state index contributed by atoms with van der Waals surface area (Å²) in [7, 11) is 0. The molecule has 0 saturated carbocycles. The van der Waals surface area contributed by atoms with Crippen molar-refractivity contribution in [2.45, 2.75) is 40.3 Å². The Labute approximate surface area is 118 Å². The minimum Gasteiger partial charge on any atom is -0.345 e. The zero-order valence-corrected chi connectivity index (χ0v) is 12.3. The zero-order chi connectivity index (χ0) is 15.4. The van der Waals surface area contributed by atoms with Crippen molar-refractivity contribution < 1.29 is 28.5 Å². The van der Waals surface area contributed by atoms with Gasteiger partial charge in [0.1, 0.15) is 0 Å². The molecule has 0 aromatic rings. The van der Waals surface area contributed by atoms with Gasteiger partial charge in [0, 0.05) is 26.4 Å². The Kier molecular flexibility index (Phi) is 10.9. The molecule has 0 heterocycles. The van der Waals surface area contributed by atoms with E-state index >= 15 is 0 Å². The fourth-order valence-electron chi connectivity index (χ4n) is 1.18. The predicted molar refractivity (Wildman–Crippen MR) is 69.0 cm³/mol. The average molecular weight is 290 g/mol. The quantitative estimate of drug-likeness (QED) is 0.444. The second kappa shape index (κ2) is 11.6. The van der Waals surface area contributed by atoms with Crippen molar-refractivity contribution >= 4 is 11.8 Å². The van der Waals surface area contributed by atoms with E-state index in [1.54, 1.807) is 27.7 Å². The van der Waals surface area contributed by atoms with Crippen LogP contribution in [0.3, 0.4) is 0 Å². The molecule has 2 amide bonds. The number of azo groups is 1. The molecular formula is C12H22N2O6. The van der Waals surface area contributed by atoms with E-state index in [2.05, 4.69) is 10.2 Å². The SMILES string of the molecule is CCOC(OCC)C(=O)N=NC(=O)C(OCC)OCC. The maximum Gasteiger partial charge on any atom is 0.321 e. The Morgan fingerprint density at radius 3 is 1.15 bits per heavy atom. The van der Waals surface area contributed by atoms with Gasteiger partial charge in [-0.3, -0.25) is 9.59 Å². The first-order valence-electron chi connectivity index (χ1n) is 6.56. The summed E-state index contributed by atoms with van der Waals surface area (Å²) in [4.78, 5) is 23.2. The summed E-state index contributed by atoms with van der Waals surface area (Å²) in [5, 5.41) is 6.55. The molecule has 0 rings (SSSR count). The molecule has 0 unspecified atom stereocenters. The van der Waals surface area contributed by atoms with E-state index in [1.165, 1.54) is 0 Å². The van der Waals surface area contributed by atoms with Crippen molar-refractivity contribution in [2.75, 3.05) is 26.4 Å². The van der Waals surface area contributed by atoms with E-state index in [4.69, 9.17) is 18.9 Å². The number of amides is 2. The topological polar surface area (TPSA) is 95.8 Å². The molecule has 0 fully saturated rings. The fraction of sp³-hybridized carbons (Fsp3) is 0.833. The lowest BCUT2D eigenvalue weighted by molar-refractivity contribution is -0.170. The fourth-order valence-corrected chi connectivity index (χ4v) is 1.18. The Morgan fingerprint density at radius 1 is 0.700 bits per heavy atom. The van der Waals surface area contributed by atoms with Gasteiger partial charge in [0.25, 0.3) is 0 Å². The van der Waals surface area contributed by atoms with Gasteiger partial charge in [-0.15, -0.1) is 10.2 Å². The van der Waals surface area contributed by atoms with Gasteiger partial charge in [-0.05, 0) is 27.7 Å². The number of ether oxygens (including phenoxy) is 4. The largest absolute Gasteiger partial charge is 0.345 e. The van der Waals surface area contributed by atoms with Gasteiger partial charge in [-0.25, -0.2) is 0 Å². The van der Waals surface area contributed by atoms with Gasteiger partial charge in [0.15, 0.2) is 0 Å². The van der Waals surface area contributed by atoms with Gasteiger partial charge >= 0.3 is 11.8 Å². The summed E-state index contributed by atoms with van der Waals surface area (Å²) in [6.07, 6.45) is -2.31. The lowest BCUT2D eigenvalue weighted by atomic mass is 10.5. The van der Waals surface area contributed by atoms with Crippen LogP contribution in [0.5, 0.6) is 0 Å². The molecular weight excluding hydrogens is 268 g/mol. The highest BCUT2D eigenvalue weighted by molar-refractivity contribution is 5.84. The van der Waals surface area contributed by atoms with Crippen LogP contribution in [0.15, 0.2) is 10.2 Å². The van der Waals surface area contributed by atoms with Gasteiger partial charge < -0.3 is 18.9 Å². The van der Waals surface area contributed by atoms with Crippen LogP contribution in [0.25, 0.3) is 0 Å². The average Bonchev–Trinajstić information content (AvgIpc) is 2.44. The first-order valence-corrected chi connectivity index (χ1v) is 6.56. The summed E-state index contributed by atoms with van der Waals surface area (Å²) in [5.41, 5.74) is 0. The van der Waals surface area contributed by atoms with Crippen LogP contribution in [0.1, 0.15) is 27.7 Å². The third-order valence-corrected chi connectivity index (χ3v) is 1.92. The molecule has 0 bridgehead atoms. The first-order chi connectivity index (χ1) is 9.60. The van der Waals surface area contributed by atoms with Crippen molar-refractivity contribution in [1.29, 1.82) is 0 Å². The number of hydrogen-bond acceptors (Lipinski definition) is 6. The lowest BCUT2D eigenvalue weighted by Crippen LogP contribution is -2.28. The number of nitrogens with zero attached hydrogens (tertiary/aromatic N) is 2. The standard InChI is InChI=1S/C12H22N2O6/c1-5-17-11(18-6-2)9(15)13-14-10(16)12(19-7-3)20-8-4/h11-12H,5-8H2,1-4H3.